The molecule has 0 saturated heterocycles. The maximum absolute atomic E-state index is 11.4. The average molecular weight is 353 g/mol. The molecule has 6 heteroatoms. The van der Waals surface area contributed by atoms with Gasteiger partial charge in [0.15, 0.2) is 5.75 Å². The van der Waals surface area contributed by atoms with Gasteiger partial charge in [0.25, 0.3) is 0 Å². The van der Waals surface area contributed by atoms with E-state index >= 15 is 0 Å². The van der Waals surface area contributed by atoms with Crippen LogP contribution in [-0.2, 0) is 11.3 Å². The van der Waals surface area contributed by atoms with Gasteiger partial charge in [-0.2, -0.15) is 5.10 Å². The van der Waals surface area contributed by atoms with Gasteiger partial charge in [0.05, 0.1) is 25.1 Å². The third-order valence-electron chi connectivity index (χ3n) is 2.98. The van der Waals surface area contributed by atoms with Gasteiger partial charge in [-0.05, 0) is 26.0 Å². The molecule has 1 heterocycles. The number of rotatable bonds is 5. The summed E-state index contributed by atoms with van der Waals surface area (Å²) in [6.07, 6.45) is 3.55. The minimum Gasteiger partial charge on any atom is -0.486 e. The van der Waals surface area contributed by atoms with E-state index in [1.165, 1.54) is 7.11 Å². The van der Waals surface area contributed by atoms with E-state index in [0.717, 1.165) is 10.0 Å². The van der Waals surface area contributed by atoms with Crippen molar-refractivity contribution in [2.75, 3.05) is 7.11 Å². The monoisotopic (exact) mass is 352 g/mol. The molecule has 0 unspecified atom stereocenters. The molecule has 112 valence electrons. The molecule has 0 aliphatic rings. The molecule has 0 aliphatic heterocycles. The lowest BCUT2D eigenvalue weighted by Gasteiger charge is -2.08. The van der Waals surface area contributed by atoms with Crippen LogP contribution in [-0.4, -0.2) is 22.9 Å². The lowest BCUT2D eigenvalue weighted by Crippen LogP contribution is -2.03. The summed E-state index contributed by atoms with van der Waals surface area (Å²) in [5, 5.41) is 4.22. The van der Waals surface area contributed by atoms with Gasteiger partial charge in [-0.15, -0.1) is 0 Å². The number of hydrogen-bond donors (Lipinski definition) is 0. The molecular formula is C15H17BrN2O3. The summed E-state index contributed by atoms with van der Waals surface area (Å²) in [6, 6.07) is 5.58. The molecule has 1 aromatic heterocycles. The molecule has 0 spiro atoms. The van der Waals surface area contributed by atoms with Crippen LogP contribution >= 0.6 is 15.9 Å². The second-order valence-electron chi connectivity index (χ2n) is 4.84. The van der Waals surface area contributed by atoms with Crippen LogP contribution in [0.15, 0.2) is 35.1 Å². The zero-order chi connectivity index (χ0) is 15.4. The van der Waals surface area contributed by atoms with Crippen LogP contribution in [0, 0.1) is 0 Å². The molecule has 21 heavy (non-hydrogen) atoms. The minimum absolute atomic E-state index is 0.299. The zero-order valence-corrected chi connectivity index (χ0v) is 13.8. The highest BCUT2D eigenvalue weighted by molar-refractivity contribution is 9.10. The Labute approximate surface area is 132 Å². The van der Waals surface area contributed by atoms with Crippen LogP contribution in [0.2, 0.25) is 0 Å². The molecule has 0 amide bonds. The van der Waals surface area contributed by atoms with Gasteiger partial charge in [0.1, 0.15) is 6.61 Å². The predicted molar refractivity (Wildman–Crippen MR) is 82.4 cm³/mol. The Bertz CT molecular complexity index is 638. The Kier molecular flexibility index (Phi) is 5.01. The highest BCUT2D eigenvalue weighted by Crippen LogP contribution is 2.21. The highest BCUT2D eigenvalue weighted by atomic mass is 79.9. The Morgan fingerprint density at radius 1 is 1.43 bits per heavy atom. The van der Waals surface area contributed by atoms with Crippen molar-refractivity contribution >= 4 is 21.9 Å². The molecular weight excluding hydrogens is 336 g/mol. The van der Waals surface area contributed by atoms with Gasteiger partial charge in [-0.25, -0.2) is 4.79 Å². The summed E-state index contributed by atoms with van der Waals surface area (Å²) in [6.45, 7) is 4.50. The molecule has 2 rings (SSSR count). The number of carbonyl (C=O) groups excluding carboxylic acids is 1. The first-order valence-corrected chi connectivity index (χ1v) is 7.34. The van der Waals surface area contributed by atoms with Crippen molar-refractivity contribution in [1.29, 1.82) is 0 Å². The van der Waals surface area contributed by atoms with E-state index in [2.05, 4.69) is 39.6 Å². The van der Waals surface area contributed by atoms with Crippen LogP contribution in [0.3, 0.4) is 0 Å². The molecule has 1 aromatic carbocycles. The lowest BCUT2D eigenvalue weighted by atomic mass is 10.1. The Balaban J connectivity index is 2.04. The average Bonchev–Trinajstić information content (AvgIpc) is 2.94. The van der Waals surface area contributed by atoms with E-state index in [1.54, 1.807) is 18.3 Å². The Hall–Kier alpha value is -1.82. The van der Waals surface area contributed by atoms with Crippen molar-refractivity contribution in [2.24, 2.45) is 0 Å². The van der Waals surface area contributed by atoms with E-state index in [-0.39, 0.29) is 5.97 Å². The van der Waals surface area contributed by atoms with Gasteiger partial charge >= 0.3 is 5.97 Å². The third-order valence-corrected chi connectivity index (χ3v) is 3.71. The summed E-state index contributed by atoms with van der Waals surface area (Å²) < 4.78 is 13.0. The van der Waals surface area contributed by atoms with Gasteiger partial charge in [0.2, 0.25) is 0 Å². The largest absolute Gasteiger partial charge is 0.486 e. The standard InChI is InChI=1S/C15H17BrN2O3/c1-10(2)18-8-13(7-17-18)21-9-12-5-4-11(6-14(12)16)15(19)20-3/h4-8,10H,9H2,1-3H3. The fourth-order valence-electron chi connectivity index (χ4n) is 1.75. The van der Waals surface area contributed by atoms with Gasteiger partial charge in [0, 0.05) is 16.1 Å². The smallest absolute Gasteiger partial charge is 0.337 e. The van der Waals surface area contributed by atoms with Crippen LogP contribution in [0.4, 0.5) is 0 Å². The van der Waals surface area contributed by atoms with Crippen molar-refractivity contribution in [1.82, 2.24) is 9.78 Å². The summed E-state index contributed by atoms with van der Waals surface area (Å²) in [5.41, 5.74) is 1.45. The molecule has 5 nitrogen and oxygen atoms in total. The first kappa shape index (κ1) is 15.6. The summed E-state index contributed by atoms with van der Waals surface area (Å²) in [5.74, 6) is 0.356. The van der Waals surface area contributed by atoms with E-state index in [9.17, 15) is 4.79 Å². The number of hydrogen-bond acceptors (Lipinski definition) is 4. The molecule has 0 aliphatic carbocycles. The van der Waals surface area contributed by atoms with Gasteiger partial charge < -0.3 is 9.47 Å². The maximum atomic E-state index is 11.4. The van der Waals surface area contributed by atoms with Gasteiger partial charge in [-0.1, -0.05) is 22.0 Å². The molecule has 0 saturated carbocycles. The molecule has 0 N–H and O–H groups in total. The minimum atomic E-state index is -0.360. The number of ether oxygens (including phenoxy) is 2. The molecule has 0 bridgehead atoms. The van der Waals surface area contributed by atoms with Crippen molar-refractivity contribution < 1.29 is 14.3 Å². The number of benzene rings is 1. The first-order chi connectivity index (χ1) is 10.0. The van der Waals surface area contributed by atoms with Crippen molar-refractivity contribution in [3.8, 4) is 5.75 Å². The fourth-order valence-corrected chi connectivity index (χ4v) is 2.24. The van der Waals surface area contributed by atoms with Crippen LogP contribution in [0.25, 0.3) is 0 Å². The van der Waals surface area contributed by atoms with Crippen LogP contribution in [0.1, 0.15) is 35.8 Å². The number of carbonyl (C=O) groups is 1. The van der Waals surface area contributed by atoms with Gasteiger partial charge in [-0.3, -0.25) is 4.68 Å². The van der Waals surface area contributed by atoms with Crippen molar-refractivity contribution in [2.45, 2.75) is 26.5 Å². The quantitative estimate of drug-likeness (QED) is 0.771. The second-order valence-corrected chi connectivity index (χ2v) is 5.69. The summed E-state index contributed by atoms with van der Waals surface area (Å²) in [7, 11) is 1.36. The maximum Gasteiger partial charge on any atom is 0.337 e. The van der Waals surface area contributed by atoms with E-state index in [1.807, 2.05) is 16.9 Å². The number of methoxy groups -OCH3 is 1. The molecule has 0 radical (unpaired) electrons. The SMILES string of the molecule is COC(=O)c1ccc(COc2cnn(C(C)C)c2)c(Br)c1. The van der Waals surface area contributed by atoms with E-state index in [4.69, 9.17) is 4.74 Å². The van der Waals surface area contributed by atoms with Crippen LogP contribution in [0.5, 0.6) is 5.75 Å². The molecule has 0 atom stereocenters. The number of aromatic nitrogens is 2. The normalized spacial score (nSPS) is 10.7. The number of esters is 1. The second kappa shape index (κ2) is 6.76. The third kappa shape index (κ3) is 3.85. The summed E-state index contributed by atoms with van der Waals surface area (Å²) in [4.78, 5) is 11.4. The van der Waals surface area contributed by atoms with E-state index in [0.29, 0.717) is 24.0 Å². The van der Waals surface area contributed by atoms with E-state index < -0.39 is 0 Å². The zero-order valence-electron chi connectivity index (χ0n) is 12.2. The Morgan fingerprint density at radius 3 is 2.76 bits per heavy atom. The van der Waals surface area contributed by atoms with Crippen molar-refractivity contribution in [3.63, 3.8) is 0 Å². The Morgan fingerprint density at radius 2 is 2.19 bits per heavy atom. The lowest BCUT2D eigenvalue weighted by molar-refractivity contribution is 0.0600. The predicted octanol–water partition coefficient (Wildman–Crippen LogP) is 3.59. The molecule has 2 aromatic rings. The summed E-state index contributed by atoms with van der Waals surface area (Å²) >= 11 is 3.44. The first-order valence-electron chi connectivity index (χ1n) is 6.55. The topological polar surface area (TPSA) is 53.4 Å². The van der Waals surface area contributed by atoms with Crippen LogP contribution < -0.4 is 4.74 Å². The van der Waals surface area contributed by atoms with Crippen molar-refractivity contribution in [3.05, 3.63) is 46.2 Å². The molecule has 0 fully saturated rings. The number of nitrogens with zero attached hydrogens (tertiary/aromatic N) is 2. The number of halogens is 1. The highest BCUT2D eigenvalue weighted by Gasteiger charge is 2.09. The fraction of sp³-hybridized carbons (Fsp3) is 0.333.